The molecular formula is C33H41N3O5S. The fraction of sp³-hybridized carbons (Fsp3) is 0.394. The van der Waals surface area contributed by atoms with Gasteiger partial charge in [0.1, 0.15) is 11.8 Å². The maximum absolute atomic E-state index is 14.0. The Kier molecular flexibility index (Phi) is 11.0. The highest BCUT2D eigenvalue weighted by Gasteiger charge is 2.32. The molecule has 0 radical (unpaired) electrons. The summed E-state index contributed by atoms with van der Waals surface area (Å²) in [6, 6.07) is 25.7. The van der Waals surface area contributed by atoms with Gasteiger partial charge in [-0.15, -0.1) is 0 Å². The van der Waals surface area contributed by atoms with E-state index >= 15 is 0 Å². The second-order valence-corrected chi connectivity index (χ2v) is 12.7. The lowest BCUT2D eigenvalue weighted by Gasteiger charge is -2.33. The van der Waals surface area contributed by atoms with Gasteiger partial charge in [0.05, 0.1) is 19.1 Å². The lowest BCUT2D eigenvalue weighted by molar-refractivity contribution is -0.141. The van der Waals surface area contributed by atoms with E-state index in [9.17, 15) is 18.0 Å². The lowest BCUT2D eigenvalue weighted by Crippen LogP contribution is -2.52. The second kappa shape index (κ2) is 14.9. The van der Waals surface area contributed by atoms with Crippen molar-refractivity contribution in [2.75, 3.05) is 24.2 Å². The first-order valence-electron chi connectivity index (χ1n) is 14.5. The molecule has 0 aromatic heterocycles. The number of methoxy groups -OCH3 is 1. The Bertz CT molecular complexity index is 1410. The molecule has 8 nitrogen and oxygen atoms in total. The minimum atomic E-state index is -3.64. The molecule has 224 valence electrons. The van der Waals surface area contributed by atoms with Crippen molar-refractivity contribution < 1.29 is 22.7 Å². The first-order chi connectivity index (χ1) is 20.3. The maximum atomic E-state index is 14.0. The molecule has 4 rings (SSSR count). The van der Waals surface area contributed by atoms with Crippen LogP contribution in [0.25, 0.3) is 0 Å². The largest absolute Gasteiger partial charge is 0.495 e. The van der Waals surface area contributed by atoms with Gasteiger partial charge in [-0.3, -0.25) is 13.9 Å². The molecule has 3 aromatic carbocycles. The van der Waals surface area contributed by atoms with Gasteiger partial charge in [-0.1, -0.05) is 85.6 Å². The third-order valence-corrected chi connectivity index (χ3v) is 8.85. The Morgan fingerprint density at radius 2 is 1.50 bits per heavy atom. The van der Waals surface area contributed by atoms with Crippen molar-refractivity contribution in [2.24, 2.45) is 0 Å². The van der Waals surface area contributed by atoms with Crippen LogP contribution < -0.4 is 14.4 Å². The molecule has 1 saturated carbocycles. The van der Waals surface area contributed by atoms with E-state index in [4.69, 9.17) is 4.74 Å². The van der Waals surface area contributed by atoms with Gasteiger partial charge >= 0.3 is 0 Å². The number of amides is 2. The van der Waals surface area contributed by atoms with Crippen LogP contribution in [0.15, 0.2) is 84.9 Å². The molecule has 3 aromatic rings. The number of benzene rings is 3. The standard InChI is InChI=1S/C33H41N3O5S/c1-41-31-21-12-11-20-29(31)36(42(2,39)40)23-13-22-32(37)35(25-27-16-7-4-8-17-27)30(24-26-14-5-3-6-15-26)33(38)34-28-18-9-10-19-28/h3-8,11-12,14-17,20-21,28,30H,9-10,13,18-19,22-25H2,1-2H3,(H,34,38)/t30-/m1/s1. The number of nitrogens with zero attached hydrogens (tertiary/aromatic N) is 2. The predicted octanol–water partition coefficient (Wildman–Crippen LogP) is 4.94. The van der Waals surface area contributed by atoms with Crippen molar-refractivity contribution >= 4 is 27.5 Å². The molecule has 1 atom stereocenters. The SMILES string of the molecule is COc1ccccc1N(CCCC(=O)N(Cc1ccccc1)[C@H](Cc1ccccc1)C(=O)NC1CCCC1)S(C)(=O)=O. The first-order valence-corrected chi connectivity index (χ1v) is 16.4. The van der Waals surface area contributed by atoms with Gasteiger partial charge in [-0.05, 0) is 42.5 Å². The predicted molar refractivity (Wildman–Crippen MR) is 166 cm³/mol. The van der Waals surface area contributed by atoms with Gasteiger partial charge in [-0.2, -0.15) is 0 Å². The molecule has 0 unspecified atom stereocenters. The number of sulfonamides is 1. The maximum Gasteiger partial charge on any atom is 0.243 e. The number of rotatable bonds is 14. The molecule has 1 fully saturated rings. The summed E-state index contributed by atoms with van der Waals surface area (Å²) in [5.41, 5.74) is 2.31. The number of carbonyl (C=O) groups is 2. The van der Waals surface area contributed by atoms with E-state index in [1.807, 2.05) is 60.7 Å². The Hall–Kier alpha value is -3.85. The van der Waals surface area contributed by atoms with Crippen molar-refractivity contribution in [3.05, 3.63) is 96.1 Å². The van der Waals surface area contributed by atoms with E-state index in [0.29, 0.717) is 17.9 Å². The summed E-state index contributed by atoms with van der Waals surface area (Å²) in [4.78, 5) is 29.4. The molecule has 42 heavy (non-hydrogen) atoms. The van der Waals surface area contributed by atoms with Crippen LogP contribution in [-0.2, 0) is 32.6 Å². The lowest BCUT2D eigenvalue weighted by atomic mass is 10.0. The number of para-hydroxylation sites is 2. The Morgan fingerprint density at radius 1 is 0.905 bits per heavy atom. The number of hydrogen-bond donors (Lipinski definition) is 1. The van der Waals surface area contributed by atoms with E-state index in [1.165, 1.54) is 11.4 Å². The molecule has 0 saturated heterocycles. The Labute approximate surface area is 249 Å². The van der Waals surface area contributed by atoms with Gasteiger partial charge in [0, 0.05) is 32.0 Å². The molecule has 1 aliphatic carbocycles. The number of hydrogen-bond acceptors (Lipinski definition) is 5. The second-order valence-electron chi connectivity index (χ2n) is 10.8. The summed E-state index contributed by atoms with van der Waals surface area (Å²) in [5.74, 6) is 0.0862. The van der Waals surface area contributed by atoms with Gasteiger partial charge in [0.15, 0.2) is 0 Å². The molecule has 1 N–H and O–H groups in total. The summed E-state index contributed by atoms with van der Waals surface area (Å²) in [6.45, 7) is 0.374. The zero-order valence-corrected chi connectivity index (χ0v) is 25.3. The Balaban J connectivity index is 1.58. The summed E-state index contributed by atoms with van der Waals surface area (Å²) >= 11 is 0. The fourth-order valence-corrected chi connectivity index (χ4v) is 6.49. The van der Waals surface area contributed by atoms with Crippen molar-refractivity contribution in [2.45, 2.75) is 63.6 Å². The third-order valence-electron chi connectivity index (χ3n) is 7.67. The quantitative estimate of drug-likeness (QED) is 0.287. The summed E-state index contributed by atoms with van der Waals surface area (Å²) < 4.78 is 32.1. The van der Waals surface area contributed by atoms with Crippen LogP contribution in [0.5, 0.6) is 5.75 Å². The topological polar surface area (TPSA) is 96.0 Å². The van der Waals surface area contributed by atoms with E-state index in [1.54, 1.807) is 29.2 Å². The summed E-state index contributed by atoms with van der Waals surface area (Å²) in [5, 5.41) is 3.21. The number of ether oxygens (including phenoxy) is 1. The van der Waals surface area contributed by atoms with E-state index < -0.39 is 16.1 Å². The molecule has 1 aliphatic rings. The Morgan fingerprint density at radius 3 is 2.12 bits per heavy atom. The van der Waals surface area contributed by atoms with Crippen molar-refractivity contribution in [1.29, 1.82) is 0 Å². The fourth-order valence-electron chi connectivity index (χ4n) is 5.52. The third kappa shape index (κ3) is 8.58. The van der Waals surface area contributed by atoms with Crippen LogP contribution in [0, 0.1) is 0 Å². The number of carbonyl (C=O) groups excluding carboxylic acids is 2. The number of anilines is 1. The van der Waals surface area contributed by atoms with Gasteiger partial charge in [0.2, 0.25) is 21.8 Å². The van der Waals surface area contributed by atoms with Crippen LogP contribution in [0.2, 0.25) is 0 Å². The summed E-state index contributed by atoms with van der Waals surface area (Å²) in [7, 11) is -2.14. The van der Waals surface area contributed by atoms with E-state index in [2.05, 4.69) is 5.32 Å². The van der Waals surface area contributed by atoms with Crippen LogP contribution in [0.1, 0.15) is 49.7 Å². The van der Waals surface area contributed by atoms with Crippen molar-refractivity contribution in [3.63, 3.8) is 0 Å². The van der Waals surface area contributed by atoms with Crippen LogP contribution in [-0.4, -0.2) is 57.1 Å². The monoisotopic (exact) mass is 591 g/mol. The minimum absolute atomic E-state index is 0.0794. The molecular weight excluding hydrogens is 550 g/mol. The van der Waals surface area contributed by atoms with Crippen molar-refractivity contribution in [1.82, 2.24) is 10.2 Å². The highest BCUT2D eigenvalue weighted by atomic mass is 32.2. The zero-order valence-electron chi connectivity index (χ0n) is 24.4. The number of nitrogens with one attached hydrogen (secondary N) is 1. The smallest absolute Gasteiger partial charge is 0.243 e. The highest BCUT2D eigenvalue weighted by Crippen LogP contribution is 2.30. The molecule has 0 bridgehead atoms. The van der Waals surface area contributed by atoms with Crippen LogP contribution >= 0.6 is 0 Å². The van der Waals surface area contributed by atoms with Gasteiger partial charge in [0.25, 0.3) is 0 Å². The normalized spacial score (nSPS) is 14.2. The zero-order chi connectivity index (χ0) is 30.0. The van der Waals surface area contributed by atoms with Gasteiger partial charge in [-0.25, -0.2) is 8.42 Å². The van der Waals surface area contributed by atoms with E-state index in [0.717, 1.165) is 43.1 Å². The molecule has 0 spiro atoms. The van der Waals surface area contributed by atoms with Gasteiger partial charge < -0.3 is 15.0 Å². The molecule has 0 heterocycles. The first kappa shape index (κ1) is 31.1. The summed E-state index contributed by atoms with van der Waals surface area (Å²) in [6.07, 6.45) is 5.95. The van der Waals surface area contributed by atoms with E-state index in [-0.39, 0.29) is 43.8 Å². The minimum Gasteiger partial charge on any atom is -0.495 e. The molecule has 2 amide bonds. The van der Waals surface area contributed by atoms with Crippen LogP contribution in [0.3, 0.4) is 0 Å². The van der Waals surface area contributed by atoms with Crippen LogP contribution in [0.4, 0.5) is 5.69 Å². The van der Waals surface area contributed by atoms with Crippen molar-refractivity contribution in [3.8, 4) is 5.75 Å². The molecule has 0 aliphatic heterocycles. The average molecular weight is 592 g/mol. The average Bonchev–Trinajstić information content (AvgIpc) is 3.50. The molecule has 9 heteroatoms. The highest BCUT2D eigenvalue weighted by molar-refractivity contribution is 7.92.